The third-order valence-corrected chi connectivity index (χ3v) is 5.15. The van der Waals surface area contributed by atoms with Crippen LogP contribution in [0.3, 0.4) is 0 Å². The number of pyridine rings is 1. The summed E-state index contributed by atoms with van der Waals surface area (Å²) in [7, 11) is 0. The van der Waals surface area contributed by atoms with Crippen LogP contribution in [0.15, 0.2) is 103 Å². The Morgan fingerprint density at radius 2 is 1.56 bits per heavy atom. The Hall–Kier alpha value is -4.65. The molecule has 0 radical (unpaired) electrons. The van der Waals surface area contributed by atoms with Gasteiger partial charge in [0.1, 0.15) is 12.4 Å². The first-order chi connectivity index (χ1) is 16.6. The van der Waals surface area contributed by atoms with Crippen LogP contribution >= 0.6 is 0 Å². The number of hydrogen-bond acceptors (Lipinski definition) is 5. The van der Waals surface area contributed by atoms with Gasteiger partial charge >= 0.3 is 6.09 Å². The third kappa shape index (κ3) is 5.77. The van der Waals surface area contributed by atoms with Crippen LogP contribution in [0.2, 0.25) is 0 Å². The molecule has 0 aliphatic heterocycles. The summed E-state index contributed by atoms with van der Waals surface area (Å²) in [5.74, 6) is -0.362. The number of para-hydroxylation sites is 2. The largest absolute Gasteiger partial charge is 0.506 e. The highest BCUT2D eigenvalue weighted by molar-refractivity contribution is 6.05. The van der Waals surface area contributed by atoms with Gasteiger partial charge in [-0.2, -0.15) is 0 Å². The fourth-order valence-electron chi connectivity index (χ4n) is 3.40. The van der Waals surface area contributed by atoms with Crippen LogP contribution in [-0.2, 0) is 11.3 Å². The van der Waals surface area contributed by atoms with E-state index in [0.29, 0.717) is 11.3 Å². The monoisotopic (exact) mass is 453 g/mol. The predicted molar refractivity (Wildman–Crippen MR) is 128 cm³/mol. The van der Waals surface area contributed by atoms with Crippen LogP contribution in [-0.4, -0.2) is 22.1 Å². The lowest BCUT2D eigenvalue weighted by Gasteiger charge is -2.20. The van der Waals surface area contributed by atoms with Gasteiger partial charge in [-0.25, -0.2) is 4.79 Å². The zero-order valence-corrected chi connectivity index (χ0v) is 18.2. The SMILES string of the molecule is O=C(N[C@@H](c1ccccc1)c1ccc(C(=O)Nc2ccccc2O)cc1)OCc1cccnc1. The molecule has 1 atom stereocenters. The van der Waals surface area contributed by atoms with Gasteiger partial charge in [0, 0.05) is 23.5 Å². The third-order valence-electron chi connectivity index (χ3n) is 5.15. The number of aromatic hydroxyl groups is 1. The molecule has 0 bridgehead atoms. The molecule has 0 saturated carbocycles. The Balaban J connectivity index is 1.48. The van der Waals surface area contributed by atoms with Crippen LogP contribution in [0.25, 0.3) is 0 Å². The molecule has 0 fully saturated rings. The van der Waals surface area contributed by atoms with Gasteiger partial charge in [-0.1, -0.05) is 60.7 Å². The zero-order chi connectivity index (χ0) is 23.8. The molecule has 4 rings (SSSR count). The van der Waals surface area contributed by atoms with Gasteiger partial charge in [-0.05, 0) is 41.5 Å². The number of amides is 2. The average molecular weight is 453 g/mol. The van der Waals surface area contributed by atoms with E-state index in [-0.39, 0.29) is 18.3 Å². The highest BCUT2D eigenvalue weighted by Crippen LogP contribution is 2.25. The number of alkyl carbamates (subject to hydrolysis) is 1. The average Bonchev–Trinajstić information content (AvgIpc) is 2.88. The highest BCUT2D eigenvalue weighted by Gasteiger charge is 2.18. The molecule has 0 spiro atoms. The van der Waals surface area contributed by atoms with E-state index in [4.69, 9.17) is 4.74 Å². The summed E-state index contributed by atoms with van der Waals surface area (Å²) in [6, 6.07) is 26.0. The minimum absolute atomic E-state index is 0.00870. The van der Waals surface area contributed by atoms with E-state index in [0.717, 1.165) is 16.7 Å². The molecular formula is C27H23N3O4. The lowest BCUT2D eigenvalue weighted by Crippen LogP contribution is -2.30. The summed E-state index contributed by atoms with van der Waals surface area (Å²) in [4.78, 5) is 29.2. The molecule has 0 aliphatic carbocycles. The maximum Gasteiger partial charge on any atom is 0.408 e. The van der Waals surface area contributed by atoms with Gasteiger partial charge in [0.15, 0.2) is 0 Å². The number of anilines is 1. The molecule has 0 saturated heterocycles. The molecule has 3 N–H and O–H groups in total. The normalized spacial score (nSPS) is 11.3. The van der Waals surface area contributed by atoms with Crippen molar-refractivity contribution in [2.75, 3.05) is 5.32 Å². The first-order valence-electron chi connectivity index (χ1n) is 10.7. The number of nitrogens with one attached hydrogen (secondary N) is 2. The van der Waals surface area contributed by atoms with Gasteiger partial charge in [0.05, 0.1) is 11.7 Å². The van der Waals surface area contributed by atoms with Crippen molar-refractivity contribution in [3.63, 3.8) is 0 Å². The lowest BCUT2D eigenvalue weighted by molar-refractivity contribution is 0.102. The molecule has 7 heteroatoms. The van der Waals surface area contributed by atoms with Gasteiger partial charge in [-0.15, -0.1) is 0 Å². The Labute approximate surface area is 197 Å². The molecule has 4 aromatic rings. The van der Waals surface area contributed by atoms with Crippen LogP contribution in [0.1, 0.15) is 33.1 Å². The number of hydrogen-bond donors (Lipinski definition) is 3. The molecule has 170 valence electrons. The number of carbonyl (C=O) groups excluding carboxylic acids is 2. The molecule has 34 heavy (non-hydrogen) atoms. The Morgan fingerprint density at radius 3 is 2.26 bits per heavy atom. The molecule has 2 amide bonds. The zero-order valence-electron chi connectivity index (χ0n) is 18.2. The molecule has 7 nitrogen and oxygen atoms in total. The van der Waals surface area contributed by atoms with Gasteiger partial charge in [0.25, 0.3) is 5.91 Å². The molecule has 0 aliphatic rings. The van der Waals surface area contributed by atoms with Gasteiger partial charge in [-0.3, -0.25) is 9.78 Å². The number of nitrogens with zero attached hydrogens (tertiary/aromatic N) is 1. The van der Waals surface area contributed by atoms with Crippen LogP contribution in [0.5, 0.6) is 5.75 Å². The van der Waals surface area contributed by atoms with Crippen molar-refractivity contribution in [1.82, 2.24) is 10.3 Å². The van der Waals surface area contributed by atoms with E-state index < -0.39 is 12.1 Å². The van der Waals surface area contributed by atoms with E-state index in [2.05, 4.69) is 15.6 Å². The number of ether oxygens (including phenoxy) is 1. The van der Waals surface area contributed by atoms with Gasteiger partial charge in [0.2, 0.25) is 0 Å². The summed E-state index contributed by atoms with van der Waals surface area (Å²) in [6.07, 6.45) is 2.72. The molecule has 0 unspecified atom stereocenters. The lowest BCUT2D eigenvalue weighted by atomic mass is 9.97. The van der Waals surface area contributed by atoms with E-state index >= 15 is 0 Å². The predicted octanol–water partition coefficient (Wildman–Crippen LogP) is 5.06. The second kappa shape index (κ2) is 10.8. The second-order valence-corrected chi connectivity index (χ2v) is 7.52. The van der Waals surface area contributed by atoms with Crippen molar-refractivity contribution in [3.05, 3.63) is 126 Å². The number of aromatic nitrogens is 1. The van der Waals surface area contributed by atoms with E-state index in [9.17, 15) is 14.7 Å². The molecule has 1 heterocycles. The van der Waals surface area contributed by atoms with E-state index in [1.54, 1.807) is 60.9 Å². The first kappa shape index (κ1) is 22.5. The number of phenolic OH excluding ortho intramolecular Hbond substituents is 1. The van der Waals surface area contributed by atoms with Crippen LogP contribution < -0.4 is 10.6 Å². The summed E-state index contributed by atoms with van der Waals surface area (Å²) in [6.45, 7) is 0.104. The summed E-state index contributed by atoms with van der Waals surface area (Å²) < 4.78 is 5.36. The minimum atomic E-state index is -0.570. The molecule has 1 aromatic heterocycles. The highest BCUT2D eigenvalue weighted by atomic mass is 16.5. The smallest absolute Gasteiger partial charge is 0.408 e. The van der Waals surface area contributed by atoms with Crippen LogP contribution in [0.4, 0.5) is 10.5 Å². The topological polar surface area (TPSA) is 101 Å². The van der Waals surface area contributed by atoms with Gasteiger partial charge < -0.3 is 20.5 Å². The Kier molecular flexibility index (Phi) is 7.15. The van der Waals surface area contributed by atoms with Crippen molar-refractivity contribution in [1.29, 1.82) is 0 Å². The first-order valence-corrected chi connectivity index (χ1v) is 10.7. The summed E-state index contributed by atoms with van der Waals surface area (Å²) >= 11 is 0. The Bertz CT molecular complexity index is 1250. The standard InChI is InChI=1S/C27H23N3O4/c31-24-11-5-4-10-23(24)29-26(32)22-14-12-21(13-15-22)25(20-8-2-1-3-9-20)30-27(33)34-18-19-7-6-16-28-17-19/h1-17,25,31H,18H2,(H,29,32)(H,30,33)/t25-/m0/s1. The molecular weight excluding hydrogens is 430 g/mol. The fraction of sp³-hybridized carbons (Fsp3) is 0.0741. The number of rotatable bonds is 7. The van der Waals surface area contributed by atoms with E-state index in [1.807, 2.05) is 36.4 Å². The number of benzene rings is 3. The number of carbonyl (C=O) groups is 2. The second-order valence-electron chi connectivity index (χ2n) is 7.52. The van der Waals surface area contributed by atoms with Crippen molar-refractivity contribution >= 4 is 17.7 Å². The van der Waals surface area contributed by atoms with Crippen LogP contribution in [0, 0.1) is 0 Å². The molecule has 3 aromatic carbocycles. The number of phenols is 1. The minimum Gasteiger partial charge on any atom is -0.506 e. The van der Waals surface area contributed by atoms with Crippen molar-refractivity contribution in [2.24, 2.45) is 0 Å². The maximum absolute atomic E-state index is 12.6. The van der Waals surface area contributed by atoms with E-state index in [1.165, 1.54) is 6.07 Å². The fourth-order valence-corrected chi connectivity index (χ4v) is 3.40. The summed E-state index contributed by atoms with van der Waals surface area (Å²) in [5.41, 5.74) is 3.18. The Morgan fingerprint density at radius 1 is 0.853 bits per heavy atom. The van der Waals surface area contributed by atoms with Crippen molar-refractivity contribution in [3.8, 4) is 5.75 Å². The van der Waals surface area contributed by atoms with Crippen molar-refractivity contribution < 1.29 is 19.4 Å². The summed E-state index contributed by atoms with van der Waals surface area (Å²) in [5, 5.41) is 15.5. The maximum atomic E-state index is 12.6. The van der Waals surface area contributed by atoms with Crippen molar-refractivity contribution in [2.45, 2.75) is 12.6 Å². The quantitative estimate of drug-likeness (QED) is 0.340.